The second kappa shape index (κ2) is 13.2. The topological polar surface area (TPSA) is 119 Å². The summed E-state index contributed by atoms with van der Waals surface area (Å²) in [6.07, 6.45) is 10.9. The molecule has 1 aromatic carbocycles. The number of nitrogens with zero attached hydrogens (tertiary/aromatic N) is 2. The largest absolute Gasteiger partial charge is 0.444 e. The molecule has 0 bridgehead atoms. The van der Waals surface area contributed by atoms with E-state index in [0.29, 0.717) is 49.5 Å². The number of alkyl halides is 1. The molecule has 49 heavy (non-hydrogen) atoms. The Kier molecular flexibility index (Phi) is 9.15. The van der Waals surface area contributed by atoms with Crippen molar-refractivity contribution in [2.45, 2.75) is 128 Å². The number of anilines is 1. The summed E-state index contributed by atoms with van der Waals surface area (Å²) in [5.74, 6) is -0.260. The molecule has 0 radical (unpaired) electrons. The Morgan fingerprint density at radius 3 is 2.39 bits per heavy atom. The van der Waals surface area contributed by atoms with Gasteiger partial charge in [0.25, 0.3) is 0 Å². The molecule has 3 amide bonds. The molecule has 3 atom stereocenters. The van der Waals surface area contributed by atoms with Gasteiger partial charge in [0.2, 0.25) is 11.8 Å². The number of benzene rings is 1. The summed E-state index contributed by atoms with van der Waals surface area (Å²) in [6, 6.07) is 6.40. The Labute approximate surface area is 287 Å². The number of carbonyl (C=O) groups excluding carboxylic acids is 4. The lowest BCUT2D eigenvalue weighted by atomic mass is 9.76. The summed E-state index contributed by atoms with van der Waals surface area (Å²) < 4.78 is 27.2. The fourth-order valence-corrected chi connectivity index (χ4v) is 9.37. The maximum absolute atomic E-state index is 14.3. The number of carbonyl (C=O) groups is 4. The smallest absolute Gasteiger partial charge is 0.407 e. The van der Waals surface area contributed by atoms with E-state index in [1.165, 1.54) is 6.42 Å². The van der Waals surface area contributed by atoms with Crippen LogP contribution in [0.5, 0.6) is 0 Å². The number of alkyl carbamates (subject to hydrolysis) is 1. The lowest BCUT2D eigenvalue weighted by molar-refractivity contribution is -0.142. The summed E-state index contributed by atoms with van der Waals surface area (Å²) in [7, 11) is 0. The minimum Gasteiger partial charge on any atom is -0.444 e. The summed E-state index contributed by atoms with van der Waals surface area (Å²) in [5.41, 5.74) is 0.874. The fourth-order valence-electron chi connectivity index (χ4n) is 9.37. The highest BCUT2D eigenvalue weighted by atomic mass is 19.1. The Morgan fingerprint density at radius 2 is 1.73 bits per heavy atom. The number of nitrogens with one attached hydrogen (secondary N) is 2. The Hall–Kier alpha value is -3.63. The monoisotopic (exact) mass is 678 g/mol. The second-order valence-corrected chi connectivity index (χ2v) is 16.2. The van der Waals surface area contributed by atoms with Gasteiger partial charge in [0.05, 0.1) is 11.6 Å². The number of hydrogen-bond acceptors (Lipinski definition) is 6. The molecule has 2 aliphatic heterocycles. The van der Waals surface area contributed by atoms with E-state index in [4.69, 9.17) is 9.47 Å². The van der Waals surface area contributed by atoms with Crippen molar-refractivity contribution in [2.75, 3.05) is 18.5 Å². The number of esters is 1. The van der Waals surface area contributed by atoms with E-state index in [1.54, 1.807) is 20.8 Å². The van der Waals surface area contributed by atoms with Crippen LogP contribution in [0.2, 0.25) is 0 Å². The predicted molar refractivity (Wildman–Crippen MR) is 183 cm³/mol. The van der Waals surface area contributed by atoms with Crippen LogP contribution in [0.4, 0.5) is 14.9 Å². The molecule has 3 aliphatic carbocycles. The van der Waals surface area contributed by atoms with Crippen LogP contribution >= 0.6 is 0 Å². The van der Waals surface area contributed by atoms with Crippen molar-refractivity contribution in [3.05, 3.63) is 30.0 Å². The highest BCUT2D eigenvalue weighted by molar-refractivity contribution is 6.02. The van der Waals surface area contributed by atoms with Crippen LogP contribution < -0.4 is 10.6 Å². The molecule has 1 aromatic heterocycles. The molecule has 4 fully saturated rings. The fraction of sp³-hybridized carbons (Fsp3) is 0.684. The number of fused-ring (bicyclic) bond motifs is 4. The standard InChI is InChI=1S/C38H51FN4O6/c1-37(2,3)49-36(47)41-29(22-39)24-10-12-25(13-11-24)34(45)42-19-16-28(23-8-5-4-6-9-23)32(42)33(44)40-27-14-15-30-26(20-27)21-31-35(46)48-38(43(30)31)17-7-18-38/h14-15,20-21,23-25,28-29,32H,4-13,16-19,22H2,1-3H3,(H,40,44)(H,41,47)/t24-,25-,28-,29?,32-/m0/s1. The Balaban J connectivity index is 1.05. The molecule has 266 valence electrons. The van der Waals surface area contributed by atoms with E-state index in [2.05, 4.69) is 10.6 Å². The minimum absolute atomic E-state index is 0.0115. The molecular weight excluding hydrogens is 627 g/mol. The molecule has 1 saturated heterocycles. The lowest BCUT2D eigenvalue weighted by Crippen LogP contribution is -2.50. The van der Waals surface area contributed by atoms with E-state index in [-0.39, 0.29) is 35.5 Å². The molecule has 3 heterocycles. The average Bonchev–Trinajstić information content (AvgIpc) is 3.75. The first kappa shape index (κ1) is 33.8. The number of aromatic nitrogens is 1. The van der Waals surface area contributed by atoms with Crippen LogP contribution in [-0.4, -0.2) is 64.2 Å². The highest BCUT2D eigenvalue weighted by Gasteiger charge is 2.51. The van der Waals surface area contributed by atoms with Crippen LogP contribution in [0.1, 0.15) is 115 Å². The molecule has 3 saturated carbocycles. The zero-order valence-electron chi connectivity index (χ0n) is 29.1. The Bertz CT molecular complexity index is 1600. The van der Waals surface area contributed by atoms with Crippen LogP contribution in [0.15, 0.2) is 24.3 Å². The van der Waals surface area contributed by atoms with Gasteiger partial charge in [-0.1, -0.05) is 32.1 Å². The van der Waals surface area contributed by atoms with E-state index < -0.39 is 36.2 Å². The molecule has 7 rings (SSSR count). The normalized spacial score (nSPS) is 27.3. The van der Waals surface area contributed by atoms with Crippen molar-refractivity contribution in [1.82, 2.24) is 14.8 Å². The van der Waals surface area contributed by atoms with Crippen molar-refractivity contribution in [1.29, 1.82) is 0 Å². The van der Waals surface area contributed by atoms with Crippen LogP contribution in [0.3, 0.4) is 0 Å². The zero-order valence-corrected chi connectivity index (χ0v) is 29.1. The van der Waals surface area contributed by atoms with Gasteiger partial charge in [0.1, 0.15) is 24.0 Å². The first-order valence-corrected chi connectivity index (χ1v) is 18.5. The first-order chi connectivity index (χ1) is 23.5. The van der Waals surface area contributed by atoms with Crippen LogP contribution in [0, 0.1) is 23.7 Å². The van der Waals surface area contributed by atoms with Gasteiger partial charge in [-0.3, -0.25) is 14.2 Å². The number of hydrogen-bond donors (Lipinski definition) is 2. The van der Waals surface area contributed by atoms with E-state index in [9.17, 15) is 23.6 Å². The zero-order chi connectivity index (χ0) is 34.5. The number of ether oxygens (including phenoxy) is 2. The summed E-state index contributed by atoms with van der Waals surface area (Å²) in [6.45, 7) is 5.18. The average molecular weight is 679 g/mol. The van der Waals surface area contributed by atoms with Gasteiger partial charge in [-0.15, -0.1) is 0 Å². The molecule has 1 unspecified atom stereocenters. The molecule has 2 N–H and O–H groups in total. The van der Waals surface area contributed by atoms with Gasteiger partial charge < -0.3 is 25.0 Å². The van der Waals surface area contributed by atoms with E-state index in [1.807, 2.05) is 33.7 Å². The summed E-state index contributed by atoms with van der Waals surface area (Å²) >= 11 is 0. The van der Waals surface area contributed by atoms with Gasteiger partial charge >= 0.3 is 12.1 Å². The molecular formula is C38H51FN4O6. The molecule has 11 heteroatoms. The molecule has 5 aliphatic rings. The van der Waals surface area contributed by atoms with Crippen molar-refractivity contribution >= 4 is 40.5 Å². The van der Waals surface area contributed by atoms with Gasteiger partial charge in [-0.05, 0) is 101 Å². The van der Waals surface area contributed by atoms with Crippen molar-refractivity contribution < 1.29 is 33.0 Å². The first-order valence-electron chi connectivity index (χ1n) is 18.5. The van der Waals surface area contributed by atoms with Gasteiger partial charge in [0, 0.05) is 36.4 Å². The van der Waals surface area contributed by atoms with Gasteiger partial charge in [0.15, 0.2) is 5.72 Å². The summed E-state index contributed by atoms with van der Waals surface area (Å²) in [4.78, 5) is 55.3. The summed E-state index contributed by atoms with van der Waals surface area (Å²) in [5, 5.41) is 6.75. The lowest BCUT2D eigenvalue weighted by Gasteiger charge is -2.38. The quantitative estimate of drug-likeness (QED) is 0.303. The minimum atomic E-state index is -0.692. The third kappa shape index (κ3) is 6.54. The van der Waals surface area contributed by atoms with Crippen molar-refractivity contribution in [3.63, 3.8) is 0 Å². The Morgan fingerprint density at radius 1 is 1.00 bits per heavy atom. The SMILES string of the molecule is CC(C)(C)OC(=O)NC(CF)[C@H]1CC[C@H](C(=O)N2CC[C@@H](C3CCCCC3)[C@H]2C(=O)Nc2ccc3c(c2)cc2n3C3(CCC3)OC2=O)CC1. The number of halogens is 1. The number of likely N-dealkylation sites (tertiary alicyclic amines) is 1. The van der Waals surface area contributed by atoms with Gasteiger partial charge in [-0.2, -0.15) is 0 Å². The third-order valence-electron chi connectivity index (χ3n) is 11.9. The second-order valence-electron chi connectivity index (χ2n) is 16.2. The number of amides is 3. The van der Waals surface area contributed by atoms with E-state index in [0.717, 1.165) is 62.3 Å². The van der Waals surface area contributed by atoms with Gasteiger partial charge in [-0.25, -0.2) is 14.0 Å². The van der Waals surface area contributed by atoms with Crippen LogP contribution in [-0.2, 0) is 24.8 Å². The third-order valence-corrected chi connectivity index (χ3v) is 11.9. The predicted octanol–water partition coefficient (Wildman–Crippen LogP) is 7.05. The number of rotatable bonds is 7. The highest BCUT2D eigenvalue weighted by Crippen LogP contribution is 2.48. The molecule has 10 nitrogen and oxygen atoms in total. The molecule has 1 spiro atoms. The maximum atomic E-state index is 14.3. The van der Waals surface area contributed by atoms with Crippen molar-refractivity contribution in [2.24, 2.45) is 23.7 Å². The molecule has 2 aromatic rings. The maximum Gasteiger partial charge on any atom is 0.407 e. The van der Waals surface area contributed by atoms with Crippen LogP contribution in [0.25, 0.3) is 10.9 Å². The van der Waals surface area contributed by atoms with Crippen molar-refractivity contribution in [3.8, 4) is 0 Å². The van der Waals surface area contributed by atoms with E-state index >= 15 is 0 Å².